The number of fused-ring (bicyclic) bond motifs is 1. The van der Waals surface area contributed by atoms with E-state index in [2.05, 4.69) is 9.99 Å². The van der Waals surface area contributed by atoms with E-state index in [-0.39, 0.29) is 12.3 Å². The van der Waals surface area contributed by atoms with Crippen molar-refractivity contribution >= 4 is 81.3 Å². The van der Waals surface area contributed by atoms with Crippen molar-refractivity contribution in [2.45, 2.75) is 11.4 Å². The molecule has 0 N–H and O–H groups in total. The second kappa shape index (κ2) is 8.25. The highest BCUT2D eigenvalue weighted by atomic mass is 35.5. The van der Waals surface area contributed by atoms with Crippen LogP contribution < -0.4 is 4.90 Å². The van der Waals surface area contributed by atoms with Crippen molar-refractivity contribution in [3.8, 4) is 0 Å². The summed E-state index contributed by atoms with van der Waals surface area (Å²) in [7, 11) is 0. The average Bonchev–Trinajstić information content (AvgIpc) is 2.87. The molecule has 0 aromatic heterocycles. The van der Waals surface area contributed by atoms with Gasteiger partial charge < -0.3 is 9.74 Å². The summed E-state index contributed by atoms with van der Waals surface area (Å²) in [5.41, 5.74) is 1.63. The van der Waals surface area contributed by atoms with Gasteiger partial charge in [0.15, 0.2) is 5.71 Å². The van der Waals surface area contributed by atoms with E-state index >= 15 is 0 Å². The third-order valence-electron chi connectivity index (χ3n) is 3.68. The lowest BCUT2D eigenvalue weighted by Crippen LogP contribution is -2.30. The Bertz CT molecular complexity index is 962. The molecule has 1 aliphatic rings. The van der Waals surface area contributed by atoms with E-state index in [0.717, 1.165) is 5.56 Å². The normalized spacial score (nSPS) is 14.8. The van der Waals surface area contributed by atoms with Crippen molar-refractivity contribution in [1.82, 2.24) is 0 Å². The third-order valence-corrected chi connectivity index (χ3v) is 5.01. The topological polar surface area (TPSA) is 59.0 Å². The van der Waals surface area contributed by atoms with Gasteiger partial charge in [-0.15, -0.1) is 0 Å². The number of hydrogen-bond acceptors (Lipinski definition) is 4. The summed E-state index contributed by atoms with van der Waals surface area (Å²) in [6.45, 7) is 0.199. The Morgan fingerprint density at radius 3 is 2.48 bits per heavy atom. The van der Waals surface area contributed by atoms with E-state index in [1.807, 2.05) is 0 Å². The molecule has 0 aliphatic carbocycles. The van der Waals surface area contributed by atoms with Gasteiger partial charge in [-0.3, -0.25) is 4.79 Å². The number of rotatable bonds is 4. The number of nitrogens with zero attached hydrogens (tertiary/aromatic N) is 2. The van der Waals surface area contributed by atoms with Crippen molar-refractivity contribution < 1.29 is 14.4 Å². The molecule has 2 aromatic rings. The summed E-state index contributed by atoms with van der Waals surface area (Å²) in [4.78, 5) is 29.0. The number of amides is 1. The first-order valence-electron chi connectivity index (χ1n) is 7.40. The molecule has 1 amide bonds. The standard InChI is InChI=1S/C17H9Cl5N2O3/c18-9-2-4-13-10(6-9)14(23-27-17(26)15(21)22)16(25)24(13)7-8-1-3-11(19)12(20)5-8/h1-6,15H,7H2/b23-14-. The summed E-state index contributed by atoms with van der Waals surface area (Å²) < 4.78 is 0. The zero-order valence-corrected chi connectivity index (χ0v) is 17.0. The SMILES string of the molecule is O=C(O/N=C1\C(=O)N(Cc2ccc(Cl)c(Cl)c2)c2ccc(Cl)cc21)C(Cl)Cl. The van der Waals surface area contributed by atoms with E-state index in [9.17, 15) is 9.59 Å². The lowest BCUT2D eigenvalue weighted by Gasteiger charge is -2.17. The Morgan fingerprint density at radius 1 is 1.07 bits per heavy atom. The number of benzene rings is 2. The number of carbonyl (C=O) groups excluding carboxylic acids is 2. The molecule has 0 atom stereocenters. The third kappa shape index (κ3) is 4.33. The molecule has 140 valence electrons. The number of alkyl halides is 2. The summed E-state index contributed by atoms with van der Waals surface area (Å²) in [6.07, 6.45) is 0. The molecule has 27 heavy (non-hydrogen) atoms. The van der Waals surface area contributed by atoms with E-state index in [4.69, 9.17) is 58.0 Å². The summed E-state index contributed by atoms with van der Waals surface area (Å²) in [5, 5.41) is 4.80. The van der Waals surface area contributed by atoms with Gasteiger partial charge in [0.25, 0.3) is 5.91 Å². The predicted molar refractivity (Wildman–Crippen MR) is 107 cm³/mol. The predicted octanol–water partition coefficient (Wildman–Crippen LogP) is 5.24. The van der Waals surface area contributed by atoms with Gasteiger partial charge in [-0.2, -0.15) is 0 Å². The molecule has 0 fully saturated rings. The highest BCUT2D eigenvalue weighted by Crippen LogP contribution is 2.34. The number of oxime groups is 1. The molecule has 0 saturated carbocycles. The molecule has 3 rings (SSSR count). The monoisotopic (exact) mass is 464 g/mol. The van der Waals surface area contributed by atoms with E-state index < -0.39 is 16.7 Å². The second-order valence-corrected chi connectivity index (χ2v) is 7.80. The van der Waals surface area contributed by atoms with Crippen molar-refractivity contribution in [2.24, 2.45) is 5.16 Å². The lowest BCUT2D eigenvalue weighted by atomic mass is 10.1. The van der Waals surface area contributed by atoms with Crippen LogP contribution in [-0.4, -0.2) is 22.4 Å². The Kier molecular flexibility index (Phi) is 6.18. The molecule has 1 heterocycles. The van der Waals surface area contributed by atoms with Gasteiger partial charge >= 0.3 is 5.97 Å². The Morgan fingerprint density at radius 2 is 1.81 bits per heavy atom. The highest BCUT2D eigenvalue weighted by molar-refractivity contribution is 6.55. The fourth-order valence-electron chi connectivity index (χ4n) is 2.48. The Balaban J connectivity index is 1.96. The maximum absolute atomic E-state index is 12.8. The highest BCUT2D eigenvalue weighted by Gasteiger charge is 2.35. The van der Waals surface area contributed by atoms with Crippen molar-refractivity contribution in [3.63, 3.8) is 0 Å². The molecule has 10 heteroatoms. The van der Waals surface area contributed by atoms with Crippen LogP contribution in [0.5, 0.6) is 0 Å². The van der Waals surface area contributed by atoms with Crippen LogP contribution in [0.2, 0.25) is 15.1 Å². The Labute approximate surface area is 179 Å². The van der Waals surface area contributed by atoms with Crippen LogP contribution in [0.1, 0.15) is 11.1 Å². The molecule has 1 aliphatic heterocycles. The molecule has 0 bridgehead atoms. The summed E-state index contributed by atoms with van der Waals surface area (Å²) in [6, 6.07) is 9.91. The van der Waals surface area contributed by atoms with E-state index in [1.165, 1.54) is 4.90 Å². The first-order chi connectivity index (χ1) is 12.8. The van der Waals surface area contributed by atoms with Gasteiger partial charge in [-0.1, -0.05) is 69.2 Å². The largest absolute Gasteiger partial charge is 0.367 e. The molecule has 5 nitrogen and oxygen atoms in total. The van der Waals surface area contributed by atoms with Gasteiger partial charge in [0.2, 0.25) is 4.84 Å². The molecule has 2 aromatic carbocycles. The summed E-state index contributed by atoms with van der Waals surface area (Å²) >= 11 is 28.8. The zero-order chi connectivity index (χ0) is 19.7. The first-order valence-corrected chi connectivity index (χ1v) is 9.41. The van der Waals surface area contributed by atoms with Gasteiger partial charge in [0.05, 0.1) is 22.3 Å². The average molecular weight is 467 g/mol. The number of hydrogen-bond donors (Lipinski definition) is 0. The van der Waals surface area contributed by atoms with Gasteiger partial charge in [0.1, 0.15) is 0 Å². The van der Waals surface area contributed by atoms with Crippen LogP contribution in [-0.2, 0) is 21.0 Å². The number of carbonyl (C=O) groups is 2. The molecule has 0 radical (unpaired) electrons. The number of anilines is 1. The van der Waals surface area contributed by atoms with E-state index in [1.54, 1.807) is 36.4 Å². The second-order valence-electron chi connectivity index (χ2n) is 5.45. The maximum atomic E-state index is 12.8. The van der Waals surface area contributed by atoms with Crippen molar-refractivity contribution in [3.05, 3.63) is 62.6 Å². The molecule has 0 unspecified atom stereocenters. The van der Waals surface area contributed by atoms with Crippen molar-refractivity contribution in [1.29, 1.82) is 0 Å². The maximum Gasteiger partial charge on any atom is 0.367 e. The van der Waals surface area contributed by atoms with Crippen LogP contribution in [0.15, 0.2) is 41.6 Å². The fourth-order valence-corrected chi connectivity index (χ4v) is 3.05. The minimum absolute atomic E-state index is 0.0881. The molecule has 0 spiro atoms. The zero-order valence-electron chi connectivity index (χ0n) is 13.3. The van der Waals surface area contributed by atoms with Crippen LogP contribution in [0, 0.1) is 0 Å². The summed E-state index contributed by atoms with van der Waals surface area (Å²) in [5.74, 6) is -1.48. The lowest BCUT2D eigenvalue weighted by molar-refractivity contribution is -0.141. The smallest absolute Gasteiger partial charge is 0.314 e. The van der Waals surface area contributed by atoms with Crippen LogP contribution in [0.4, 0.5) is 5.69 Å². The van der Waals surface area contributed by atoms with Crippen LogP contribution in [0.3, 0.4) is 0 Å². The molecule has 0 saturated heterocycles. The molecular weight excluding hydrogens is 457 g/mol. The minimum Gasteiger partial charge on any atom is -0.314 e. The fraction of sp³-hybridized carbons (Fsp3) is 0.118. The van der Waals surface area contributed by atoms with Gasteiger partial charge in [-0.05, 0) is 35.9 Å². The number of halogens is 5. The first kappa shape index (κ1) is 20.2. The van der Waals surface area contributed by atoms with Gasteiger partial charge in [-0.25, -0.2) is 4.79 Å². The van der Waals surface area contributed by atoms with Crippen molar-refractivity contribution in [2.75, 3.05) is 4.90 Å². The van der Waals surface area contributed by atoms with Crippen LogP contribution in [0.25, 0.3) is 0 Å². The minimum atomic E-state index is -1.42. The molecular formula is C17H9Cl5N2O3. The van der Waals surface area contributed by atoms with Gasteiger partial charge in [0, 0.05) is 10.6 Å². The Hall–Kier alpha value is -1.50. The van der Waals surface area contributed by atoms with Crippen LogP contribution >= 0.6 is 58.0 Å². The van der Waals surface area contributed by atoms with E-state index in [0.29, 0.717) is 26.3 Å². The quantitative estimate of drug-likeness (QED) is 0.352.